The lowest BCUT2D eigenvalue weighted by Crippen LogP contribution is -2.13. The third-order valence-corrected chi connectivity index (χ3v) is 3.67. The van der Waals surface area contributed by atoms with Crippen LogP contribution in [0.1, 0.15) is 31.9 Å². The Kier molecular flexibility index (Phi) is 2.60. The first kappa shape index (κ1) is 12.2. The molecule has 1 heterocycles. The number of fused-ring (bicyclic) bond motifs is 2. The topological polar surface area (TPSA) is 12.9 Å². The Balaban J connectivity index is 2.63. The first-order chi connectivity index (χ1) is 8.98. The summed E-state index contributed by atoms with van der Waals surface area (Å²) >= 11 is 0. The fourth-order valence-corrected chi connectivity index (χ4v) is 2.90. The fourth-order valence-electron chi connectivity index (χ4n) is 2.90. The maximum atomic E-state index is 4.81. The van der Waals surface area contributed by atoms with Gasteiger partial charge in [-0.05, 0) is 35.6 Å². The van der Waals surface area contributed by atoms with E-state index in [1.165, 1.54) is 21.9 Å². The molecule has 2 aromatic carbocycles. The van der Waals surface area contributed by atoms with Crippen molar-refractivity contribution >= 4 is 21.8 Å². The van der Waals surface area contributed by atoms with Crippen LogP contribution in [-0.2, 0) is 5.41 Å². The largest absolute Gasteiger partial charge is 0.248 e. The summed E-state index contributed by atoms with van der Waals surface area (Å²) in [6, 6.07) is 14.8. The smallest absolute Gasteiger partial charge is 0.0715 e. The predicted molar refractivity (Wildman–Crippen MR) is 82.7 cm³/mol. The molecule has 1 heteroatoms. The van der Waals surface area contributed by atoms with Gasteiger partial charge in [0.1, 0.15) is 0 Å². The quantitative estimate of drug-likeness (QED) is 0.511. The molecule has 3 rings (SSSR count). The molecule has 0 saturated carbocycles. The summed E-state index contributed by atoms with van der Waals surface area (Å²) in [6.45, 7) is 9.01. The maximum absolute atomic E-state index is 4.81. The van der Waals surface area contributed by atoms with Gasteiger partial charge < -0.3 is 0 Å². The highest BCUT2D eigenvalue weighted by atomic mass is 14.7. The van der Waals surface area contributed by atoms with Crippen LogP contribution in [0, 0.1) is 6.92 Å². The van der Waals surface area contributed by atoms with Crippen molar-refractivity contribution in [1.29, 1.82) is 0 Å². The molecule has 0 unspecified atom stereocenters. The number of benzene rings is 2. The first-order valence-corrected chi connectivity index (χ1v) is 6.77. The van der Waals surface area contributed by atoms with Gasteiger partial charge in [0.25, 0.3) is 0 Å². The Morgan fingerprint density at radius 2 is 1.53 bits per heavy atom. The van der Waals surface area contributed by atoms with E-state index in [4.69, 9.17) is 4.98 Å². The van der Waals surface area contributed by atoms with E-state index in [0.717, 1.165) is 11.0 Å². The Labute approximate surface area is 114 Å². The Bertz CT molecular complexity index is 764. The van der Waals surface area contributed by atoms with Crippen LogP contribution in [0.5, 0.6) is 0 Å². The number of hydrogen-bond donors (Lipinski definition) is 0. The summed E-state index contributed by atoms with van der Waals surface area (Å²) in [5, 5.41) is 2.59. The van der Waals surface area contributed by atoms with E-state index in [1.807, 2.05) is 0 Å². The van der Waals surface area contributed by atoms with Gasteiger partial charge >= 0.3 is 0 Å². The van der Waals surface area contributed by atoms with E-state index in [0.29, 0.717) is 0 Å². The van der Waals surface area contributed by atoms with Crippen molar-refractivity contribution in [2.24, 2.45) is 0 Å². The second kappa shape index (κ2) is 4.06. The molecule has 0 N–H and O–H groups in total. The van der Waals surface area contributed by atoms with E-state index in [9.17, 15) is 0 Å². The van der Waals surface area contributed by atoms with Crippen molar-refractivity contribution in [3.63, 3.8) is 0 Å². The molecule has 0 aliphatic rings. The molecule has 0 atom stereocenters. The van der Waals surface area contributed by atoms with Gasteiger partial charge in [0.15, 0.2) is 0 Å². The molecule has 0 amide bonds. The monoisotopic (exact) mass is 249 g/mol. The summed E-state index contributed by atoms with van der Waals surface area (Å²) < 4.78 is 0. The maximum Gasteiger partial charge on any atom is 0.0715 e. The molecule has 1 aromatic heterocycles. The van der Waals surface area contributed by atoms with E-state index in [1.54, 1.807) is 0 Å². The van der Waals surface area contributed by atoms with Crippen molar-refractivity contribution in [2.75, 3.05) is 0 Å². The van der Waals surface area contributed by atoms with Gasteiger partial charge in [-0.3, -0.25) is 0 Å². The lowest BCUT2D eigenvalue weighted by Gasteiger charge is -2.24. The van der Waals surface area contributed by atoms with Crippen molar-refractivity contribution in [3.05, 3.63) is 53.6 Å². The minimum atomic E-state index is 0.104. The van der Waals surface area contributed by atoms with E-state index < -0.39 is 0 Å². The van der Waals surface area contributed by atoms with Gasteiger partial charge in [0.2, 0.25) is 0 Å². The number of para-hydroxylation sites is 1. The lowest BCUT2D eigenvalue weighted by atomic mass is 9.81. The van der Waals surface area contributed by atoms with Crippen LogP contribution >= 0.6 is 0 Å². The standard InChI is InChI=1S/C18H19N/c1-12-8-7-11-15-16(12)17(18(2,3)4)13-9-5-6-10-14(13)19-15/h5-11H,1-4H3. The molecule has 0 saturated heterocycles. The highest BCUT2D eigenvalue weighted by Gasteiger charge is 2.21. The third-order valence-electron chi connectivity index (χ3n) is 3.67. The number of pyridine rings is 1. The zero-order valence-electron chi connectivity index (χ0n) is 12.0. The van der Waals surface area contributed by atoms with Crippen LogP contribution in [0.2, 0.25) is 0 Å². The zero-order valence-corrected chi connectivity index (χ0v) is 12.0. The predicted octanol–water partition coefficient (Wildman–Crippen LogP) is 4.99. The van der Waals surface area contributed by atoms with Crippen LogP contribution < -0.4 is 0 Å². The van der Waals surface area contributed by atoms with Crippen molar-refractivity contribution < 1.29 is 0 Å². The number of nitrogens with zero attached hydrogens (tertiary/aromatic N) is 1. The number of hydrogen-bond acceptors (Lipinski definition) is 1. The molecular weight excluding hydrogens is 230 g/mol. The molecule has 19 heavy (non-hydrogen) atoms. The normalized spacial score (nSPS) is 12.2. The molecule has 96 valence electrons. The first-order valence-electron chi connectivity index (χ1n) is 6.77. The molecule has 0 aliphatic carbocycles. The molecule has 0 radical (unpaired) electrons. The summed E-state index contributed by atoms with van der Waals surface area (Å²) in [6.07, 6.45) is 0. The minimum Gasteiger partial charge on any atom is -0.248 e. The van der Waals surface area contributed by atoms with Crippen molar-refractivity contribution in [3.8, 4) is 0 Å². The van der Waals surface area contributed by atoms with Crippen LogP contribution in [0.3, 0.4) is 0 Å². The van der Waals surface area contributed by atoms with Gasteiger partial charge in [-0.15, -0.1) is 0 Å². The third kappa shape index (κ3) is 1.90. The van der Waals surface area contributed by atoms with Gasteiger partial charge in [0, 0.05) is 10.8 Å². The molecular formula is C18H19N. The zero-order chi connectivity index (χ0) is 13.6. The Morgan fingerprint density at radius 1 is 0.842 bits per heavy atom. The molecule has 0 fully saturated rings. The molecule has 0 bridgehead atoms. The second-order valence-corrected chi connectivity index (χ2v) is 6.22. The molecule has 3 aromatic rings. The number of aromatic nitrogens is 1. The van der Waals surface area contributed by atoms with Crippen molar-refractivity contribution in [1.82, 2.24) is 4.98 Å². The van der Waals surface area contributed by atoms with Crippen LogP contribution in [0.25, 0.3) is 21.8 Å². The average molecular weight is 249 g/mol. The molecule has 0 spiro atoms. The molecule has 0 aliphatic heterocycles. The van der Waals surface area contributed by atoms with Crippen molar-refractivity contribution in [2.45, 2.75) is 33.1 Å². The van der Waals surface area contributed by atoms with Gasteiger partial charge in [0.05, 0.1) is 11.0 Å². The van der Waals surface area contributed by atoms with Gasteiger partial charge in [-0.2, -0.15) is 0 Å². The van der Waals surface area contributed by atoms with Gasteiger partial charge in [-0.25, -0.2) is 4.98 Å². The highest BCUT2D eigenvalue weighted by molar-refractivity contribution is 5.99. The summed E-state index contributed by atoms with van der Waals surface area (Å²) in [7, 11) is 0. The Hall–Kier alpha value is -1.89. The number of rotatable bonds is 0. The van der Waals surface area contributed by atoms with E-state index in [2.05, 4.69) is 70.2 Å². The lowest BCUT2D eigenvalue weighted by molar-refractivity contribution is 0.601. The average Bonchev–Trinajstić information content (AvgIpc) is 2.35. The van der Waals surface area contributed by atoms with Crippen LogP contribution in [-0.4, -0.2) is 4.98 Å². The highest BCUT2D eigenvalue weighted by Crippen LogP contribution is 2.36. The SMILES string of the molecule is Cc1cccc2nc3ccccc3c(C(C)(C)C)c12. The van der Waals surface area contributed by atoms with Gasteiger partial charge in [-0.1, -0.05) is 51.1 Å². The Morgan fingerprint density at radius 3 is 2.26 bits per heavy atom. The van der Waals surface area contributed by atoms with E-state index >= 15 is 0 Å². The summed E-state index contributed by atoms with van der Waals surface area (Å²) in [5.41, 5.74) is 5.01. The van der Waals surface area contributed by atoms with Crippen LogP contribution in [0.15, 0.2) is 42.5 Å². The fraction of sp³-hybridized carbons (Fsp3) is 0.278. The summed E-state index contributed by atoms with van der Waals surface area (Å²) in [4.78, 5) is 4.81. The van der Waals surface area contributed by atoms with Crippen LogP contribution in [0.4, 0.5) is 0 Å². The number of aryl methyl sites for hydroxylation is 1. The molecule has 1 nitrogen and oxygen atoms in total. The minimum absolute atomic E-state index is 0.104. The van der Waals surface area contributed by atoms with E-state index in [-0.39, 0.29) is 5.41 Å². The summed E-state index contributed by atoms with van der Waals surface area (Å²) in [5.74, 6) is 0. The second-order valence-electron chi connectivity index (χ2n) is 6.22.